The number of aromatic nitrogens is 2. The number of rotatable bonds is 2. The molecular formula is C9H15BrN4O. The molecule has 1 fully saturated rings. The van der Waals surface area contributed by atoms with Crippen LogP contribution in [0.5, 0.6) is 0 Å². The molecule has 0 aromatic carbocycles. The maximum absolute atomic E-state index is 11.6. The minimum atomic E-state index is 0.00269. The fourth-order valence-electron chi connectivity index (χ4n) is 1.79. The summed E-state index contributed by atoms with van der Waals surface area (Å²) in [5.74, 6) is 0. The first-order valence-corrected chi connectivity index (χ1v) is 5.84. The van der Waals surface area contributed by atoms with E-state index in [1.807, 2.05) is 7.05 Å². The van der Waals surface area contributed by atoms with Crippen LogP contribution in [0.3, 0.4) is 0 Å². The highest BCUT2D eigenvalue weighted by Gasteiger charge is 2.16. The standard InChI is InChI=1S/C9H15BrN4O/c1-13-8(10)7(9(15)12-13)6-14-4-2-11-3-5-14/h11H,2-6H2,1H3,(H,12,15). The Bertz CT molecular complexity index is 391. The van der Waals surface area contributed by atoms with Crippen LogP contribution < -0.4 is 10.9 Å². The van der Waals surface area contributed by atoms with Gasteiger partial charge in [-0.3, -0.25) is 19.5 Å². The van der Waals surface area contributed by atoms with Gasteiger partial charge in [-0.15, -0.1) is 0 Å². The van der Waals surface area contributed by atoms with Crippen LogP contribution in [0.2, 0.25) is 0 Å². The number of piperazine rings is 1. The molecule has 2 heterocycles. The van der Waals surface area contributed by atoms with Gasteiger partial charge in [-0.2, -0.15) is 0 Å². The van der Waals surface area contributed by atoms with Crippen LogP contribution in [-0.2, 0) is 13.6 Å². The molecular weight excluding hydrogens is 260 g/mol. The van der Waals surface area contributed by atoms with Crippen LogP contribution >= 0.6 is 15.9 Å². The van der Waals surface area contributed by atoms with Crippen molar-refractivity contribution < 1.29 is 0 Å². The SMILES string of the molecule is Cn1[nH]c(=O)c(CN2CCNCC2)c1Br. The number of aromatic amines is 1. The Labute approximate surface area is 96.6 Å². The average molecular weight is 275 g/mol. The zero-order valence-corrected chi connectivity index (χ0v) is 10.3. The van der Waals surface area contributed by atoms with Gasteiger partial charge in [0, 0.05) is 39.8 Å². The van der Waals surface area contributed by atoms with Gasteiger partial charge in [0.2, 0.25) is 0 Å². The molecule has 2 rings (SSSR count). The minimum Gasteiger partial charge on any atom is -0.314 e. The van der Waals surface area contributed by atoms with Gasteiger partial charge < -0.3 is 5.32 Å². The van der Waals surface area contributed by atoms with Crippen LogP contribution in [-0.4, -0.2) is 40.9 Å². The molecule has 5 nitrogen and oxygen atoms in total. The van der Waals surface area contributed by atoms with Crippen molar-refractivity contribution in [3.63, 3.8) is 0 Å². The molecule has 0 bridgehead atoms. The third-order valence-corrected chi connectivity index (χ3v) is 3.69. The van der Waals surface area contributed by atoms with Crippen LogP contribution in [0.4, 0.5) is 0 Å². The van der Waals surface area contributed by atoms with Gasteiger partial charge in [-0.25, -0.2) is 0 Å². The minimum absolute atomic E-state index is 0.00269. The molecule has 0 aliphatic carbocycles. The summed E-state index contributed by atoms with van der Waals surface area (Å²) in [7, 11) is 1.83. The predicted molar refractivity (Wildman–Crippen MR) is 61.9 cm³/mol. The molecule has 0 unspecified atom stereocenters. The third kappa shape index (κ3) is 2.32. The number of hydrogen-bond acceptors (Lipinski definition) is 3. The van der Waals surface area contributed by atoms with Gasteiger partial charge in [0.25, 0.3) is 5.56 Å². The van der Waals surface area contributed by atoms with Gasteiger partial charge in [-0.05, 0) is 15.9 Å². The van der Waals surface area contributed by atoms with Gasteiger partial charge in [0.15, 0.2) is 0 Å². The van der Waals surface area contributed by atoms with E-state index >= 15 is 0 Å². The van der Waals surface area contributed by atoms with E-state index in [2.05, 4.69) is 31.2 Å². The van der Waals surface area contributed by atoms with Crippen molar-refractivity contribution >= 4 is 15.9 Å². The molecule has 1 saturated heterocycles. The summed E-state index contributed by atoms with van der Waals surface area (Å²) in [6.07, 6.45) is 0. The van der Waals surface area contributed by atoms with E-state index in [9.17, 15) is 4.79 Å². The summed E-state index contributed by atoms with van der Waals surface area (Å²) in [6, 6.07) is 0. The lowest BCUT2D eigenvalue weighted by Gasteiger charge is -2.26. The summed E-state index contributed by atoms with van der Waals surface area (Å²) in [4.78, 5) is 13.9. The molecule has 1 aromatic rings. The molecule has 0 atom stereocenters. The molecule has 84 valence electrons. The molecule has 1 aromatic heterocycles. The highest BCUT2D eigenvalue weighted by molar-refractivity contribution is 9.10. The Morgan fingerprint density at radius 2 is 2.07 bits per heavy atom. The first-order chi connectivity index (χ1) is 7.18. The lowest BCUT2D eigenvalue weighted by molar-refractivity contribution is 0.232. The molecule has 0 amide bonds. The maximum atomic E-state index is 11.6. The van der Waals surface area contributed by atoms with Gasteiger partial charge >= 0.3 is 0 Å². The van der Waals surface area contributed by atoms with E-state index in [0.717, 1.165) is 42.9 Å². The van der Waals surface area contributed by atoms with E-state index in [1.54, 1.807) is 4.68 Å². The second-order valence-corrected chi connectivity index (χ2v) is 4.55. The first-order valence-electron chi connectivity index (χ1n) is 5.05. The van der Waals surface area contributed by atoms with Crippen molar-refractivity contribution in [1.82, 2.24) is 20.0 Å². The molecule has 1 aliphatic heterocycles. The second kappa shape index (κ2) is 4.51. The molecule has 1 aliphatic rings. The van der Waals surface area contributed by atoms with Gasteiger partial charge in [0.1, 0.15) is 4.60 Å². The highest BCUT2D eigenvalue weighted by atomic mass is 79.9. The predicted octanol–water partition coefficient (Wildman–Crippen LogP) is -0.119. The molecule has 0 radical (unpaired) electrons. The topological polar surface area (TPSA) is 53.1 Å². The second-order valence-electron chi connectivity index (χ2n) is 3.80. The van der Waals surface area contributed by atoms with Crippen molar-refractivity contribution in [2.24, 2.45) is 7.05 Å². The number of halogens is 1. The Morgan fingerprint density at radius 3 is 2.60 bits per heavy atom. The Morgan fingerprint density at radius 1 is 1.40 bits per heavy atom. The number of nitrogens with zero attached hydrogens (tertiary/aromatic N) is 2. The fraction of sp³-hybridized carbons (Fsp3) is 0.667. The van der Waals surface area contributed by atoms with Crippen LogP contribution in [0.25, 0.3) is 0 Å². The normalized spacial score (nSPS) is 18.3. The van der Waals surface area contributed by atoms with E-state index in [-0.39, 0.29) is 5.56 Å². The summed E-state index contributed by atoms with van der Waals surface area (Å²) >= 11 is 3.42. The maximum Gasteiger partial charge on any atom is 0.269 e. The quantitative estimate of drug-likeness (QED) is 0.791. The van der Waals surface area contributed by atoms with Gasteiger partial charge in [-0.1, -0.05) is 0 Å². The van der Waals surface area contributed by atoms with Crippen LogP contribution in [0, 0.1) is 0 Å². The third-order valence-electron chi connectivity index (χ3n) is 2.68. The zero-order valence-electron chi connectivity index (χ0n) is 8.72. The lowest BCUT2D eigenvalue weighted by atomic mass is 10.3. The fourth-order valence-corrected chi connectivity index (χ4v) is 2.19. The Balaban J connectivity index is 2.12. The Hall–Kier alpha value is -0.590. The smallest absolute Gasteiger partial charge is 0.269 e. The van der Waals surface area contributed by atoms with E-state index in [0.29, 0.717) is 0 Å². The molecule has 0 saturated carbocycles. The molecule has 2 N–H and O–H groups in total. The van der Waals surface area contributed by atoms with Crippen LogP contribution in [0.15, 0.2) is 9.40 Å². The molecule has 6 heteroatoms. The molecule has 15 heavy (non-hydrogen) atoms. The van der Waals surface area contributed by atoms with Gasteiger partial charge in [0.05, 0.1) is 5.56 Å². The van der Waals surface area contributed by atoms with Crippen molar-refractivity contribution in [3.05, 3.63) is 20.5 Å². The number of aryl methyl sites for hydroxylation is 1. The summed E-state index contributed by atoms with van der Waals surface area (Å²) in [5, 5.41) is 6.03. The number of H-pyrrole nitrogens is 1. The summed E-state index contributed by atoms with van der Waals surface area (Å²) in [6.45, 7) is 4.73. The van der Waals surface area contributed by atoms with E-state index < -0.39 is 0 Å². The highest BCUT2D eigenvalue weighted by Crippen LogP contribution is 2.13. The lowest BCUT2D eigenvalue weighted by Crippen LogP contribution is -2.43. The van der Waals surface area contributed by atoms with E-state index in [1.165, 1.54) is 0 Å². The summed E-state index contributed by atoms with van der Waals surface area (Å²) in [5.41, 5.74) is 0.822. The number of nitrogens with one attached hydrogen (secondary N) is 2. The van der Waals surface area contributed by atoms with Crippen molar-refractivity contribution in [2.75, 3.05) is 26.2 Å². The Kier molecular flexibility index (Phi) is 3.28. The van der Waals surface area contributed by atoms with Crippen molar-refractivity contribution in [2.45, 2.75) is 6.54 Å². The van der Waals surface area contributed by atoms with Crippen LogP contribution in [0.1, 0.15) is 5.56 Å². The first kappa shape index (κ1) is 10.9. The van der Waals surface area contributed by atoms with Crippen molar-refractivity contribution in [1.29, 1.82) is 0 Å². The van der Waals surface area contributed by atoms with Crippen molar-refractivity contribution in [3.8, 4) is 0 Å². The number of hydrogen-bond donors (Lipinski definition) is 2. The molecule has 0 spiro atoms. The van der Waals surface area contributed by atoms with E-state index in [4.69, 9.17) is 0 Å². The average Bonchev–Trinajstić information content (AvgIpc) is 2.47. The largest absolute Gasteiger partial charge is 0.314 e. The zero-order chi connectivity index (χ0) is 10.8. The monoisotopic (exact) mass is 274 g/mol. The summed E-state index contributed by atoms with van der Waals surface area (Å²) < 4.78 is 2.56.